The van der Waals surface area contributed by atoms with Crippen LogP contribution in [0.2, 0.25) is 0 Å². The van der Waals surface area contributed by atoms with Gasteiger partial charge in [-0.1, -0.05) is 41.1 Å². The summed E-state index contributed by atoms with van der Waals surface area (Å²) in [5.41, 5.74) is 4.09. The molecule has 0 N–H and O–H groups in total. The molecule has 0 amide bonds. The van der Waals surface area contributed by atoms with Crippen LogP contribution in [0.15, 0.2) is 162 Å². The smallest absolute Gasteiger partial charge is 0.669 e. The first-order valence-corrected chi connectivity index (χ1v) is 17.0. The topological polar surface area (TPSA) is 42.8 Å². The average Bonchev–Trinajstić information content (AvgIpc) is 3.89. The molecule has 270 valence electrons. The third-order valence-corrected chi connectivity index (χ3v) is 8.47. The third kappa shape index (κ3) is 10.9. The quantitative estimate of drug-likeness (QED) is 0.106. The summed E-state index contributed by atoms with van der Waals surface area (Å²) in [5.74, 6) is 2.38. The van der Waals surface area contributed by atoms with Gasteiger partial charge in [0, 0.05) is 61.4 Å². The van der Waals surface area contributed by atoms with Gasteiger partial charge in [-0.25, -0.2) is 24.2 Å². The fourth-order valence-corrected chi connectivity index (χ4v) is 5.97. The van der Waals surface area contributed by atoms with E-state index in [2.05, 4.69) is 59.6 Å². The fraction of sp³-hybridized carbons (Fsp3) is 0.0222. The number of hydrogen-bond donors (Lipinski definition) is 0. The molecule has 0 unspecified atom stereocenters. The van der Waals surface area contributed by atoms with Crippen LogP contribution in [-0.2, 0) is 42.1 Å². The van der Waals surface area contributed by atoms with Crippen molar-refractivity contribution in [3.63, 3.8) is 0 Å². The number of pyridine rings is 1. The Hall–Kier alpha value is -5.24. The number of nitrogens with zero attached hydrogens (tertiary/aromatic N) is 4. The summed E-state index contributed by atoms with van der Waals surface area (Å²) in [4.78, 5) is 10.8. The molecule has 8 rings (SSSR count). The van der Waals surface area contributed by atoms with Crippen molar-refractivity contribution in [3.05, 3.63) is 196 Å². The number of aromatic nitrogens is 2. The van der Waals surface area contributed by atoms with Crippen molar-refractivity contribution in [1.29, 1.82) is 0 Å². The minimum absolute atomic E-state index is 0. The molecule has 1 aliphatic heterocycles. The first kappa shape index (κ1) is 40.0. The average molecular weight is 1080 g/mol. The molecule has 0 spiro atoms. The summed E-state index contributed by atoms with van der Waals surface area (Å²) in [6.45, 7) is 1.99. The van der Waals surface area contributed by atoms with E-state index in [1.54, 1.807) is 34.9 Å². The standard InChI is InChI=1S/C39H25N3O2S.C6H4N.2Pt/c1-41-20-21-42(28-41)32-25-36(27-38(26-32)45-37-16-6-3-7-17-37)44-35-15-9-11-31(23-35)39-24-30(18-19-40-39)29-10-8-14-34(22-29)43-33-12-4-2-5-13-33;1-2-7-5-3-4-6-7;;/h2-12,14-17,19-21,24,26-28H,1H3;3-6H;;/q-6;-1;;+4. The van der Waals surface area contributed by atoms with Crippen LogP contribution in [0.4, 0.5) is 5.69 Å². The second-order valence-corrected chi connectivity index (χ2v) is 12.5. The van der Waals surface area contributed by atoms with Crippen LogP contribution in [0.25, 0.3) is 22.4 Å². The van der Waals surface area contributed by atoms with Crippen LogP contribution in [0.3, 0.4) is 0 Å². The van der Waals surface area contributed by atoms with Gasteiger partial charge in [0.2, 0.25) is 0 Å². The fourth-order valence-electron chi connectivity index (χ4n) is 5.07. The van der Waals surface area contributed by atoms with Crippen LogP contribution < -0.4 is 14.4 Å². The van der Waals surface area contributed by atoms with Gasteiger partial charge in [0.1, 0.15) is 0 Å². The molecule has 2 aromatic heterocycles. The van der Waals surface area contributed by atoms with E-state index in [0.29, 0.717) is 23.0 Å². The van der Waals surface area contributed by atoms with E-state index in [1.807, 2.05) is 139 Å². The summed E-state index contributed by atoms with van der Waals surface area (Å²) < 4.78 is 13.8. The van der Waals surface area contributed by atoms with Crippen LogP contribution in [0.1, 0.15) is 0 Å². The third-order valence-electron chi connectivity index (χ3n) is 7.49. The molecule has 6 nitrogen and oxygen atoms in total. The molecule has 5 aromatic carbocycles. The van der Waals surface area contributed by atoms with E-state index >= 15 is 0 Å². The van der Waals surface area contributed by atoms with Gasteiger partial charge in [-0.05, 0) is 43.7 Å². The number of para-hydroxylation sites is 1. The zero-order valence-electron chi connectivity index (χ0n) is 28.7. The molecule has 0 aliphatic carbocycles. The predicted molar refractivity (Wildman–Crippen MR) is 204 cm³/mol. The minimum Gasteiger partial charge on any atom is -0.669 e. The minimum atomic E-state index is 0. The Morgan fingerprint density at radius 2 is 1.39 bits per heavy atom. The van der Waals surface area contributed by atoms with Gasteiger partial charge in [0.15, 0.2) is 0 Å². The Kier molecular flexibility index (Phi) is 14.6. The Labute approximate surface area is 350 Å². The Morgan fingerprint density at radius 1 is 0.685 bits per heavy atom. The van der Waals surface area contributed by atoms with Gasteiger partial charge in [-0.2, -0.15) is 37.0 Å². The molecule has 0 fully saturated rings. The first-order valence-electron chi connectivity index (χ1n) is 16.2. The number of ether oxygens (including phenoxy) is 2. The van der Waals surface area contributed by atoms with Crippen molar-refractivity contribution >= 4 is 17.4 Å². The van der Waals surface area contributed by atoms with Crippen LogP contribution >= 0.6 is 11.8 Å². The molecule has 1 aliphatic rings. The molecule has 3 heterocycles. The normalized spacial score (nSPS) is 11.3. The maximum Gasteiger partial charge on any atom is 4.00 e. The second kappa shape index (κ2) is 19.7. The predicted octanol–water partition coefficient (Wildman–Crippen LogP) is 10.4. The Balaban J connectivity index is 0.000000562. The van der Waals surface area contributed by atoms with Gasteiger partial charge in [-0.3, -0.25) is 11.1 Å². The Morgan fingerprint density at radius 3 is 2.07 bits per heavy atom. The first-order chi connectivity index (χ1) is 25.6. The van der Waals surface area contributed by atoms with E-state index in [4.69, 9.17) is 15.9 Å². The molecule has 0 bridgehead atoms. The molecule has 54 heavy (non-hydrogen) atoms. The summed E-state index contributed by atoms with van der Waals surface area (Å²) in [7, 11) is 1.99. The number of benzene rings is 5. The monoisotopic (exact) mass is 1080 g/mol. The van der Waals surface area contributed by atoms with Crippen molar-refractivity contribution in [2.75, 3.05) is 11.9 Å². The number of hydrogen-bond acceptors (Lipinski definition) is 6. The van der Waals surface area contributed by atoms with Crippen LogP contribution in [0.5, 0.6) is 23.0 Å². The molecule has 9 heteroatoms. The molecule has 7 aromatic rings. The van der Waals surface area contributed by atoms with E-state index in [0.717, 1.165) is 37.9 Å². The van der Waals surface area contributed by atoms with Crippen molar-refractivity contribution < 1.29 is 51.6 Å². The largest absolute Gasteiger partial charge is 4.00 e. The maximum absolute atomic E-state index is 6.57. The number of anilines is 1. The molecular weight excluding hydrogens is 1050 g/mol. The molecule has 0 radical (unpaired) electrons. The van der Waals surface area contributed by atoms with Crippen molar-refractivity contribution in [2.45, 2.75) is 9.79 Å². The summed E-state index contributed by atoms with van der Waals surface area (Å²) in [6.07, 6.45) is 15.7. The zero-order chi connectivity index (χ0) is 35.5. The SMILES string of the molecule is CN1C=CN(c2[c-]c(Oc3[c-]c(-c4cc(-c5[c-]c(Oc6[c-]cccc6)ccc5)[c-]cn4)ccc3)cc(Sc3ccccc3)c2)[CH-]1.[C-]#Cn1cccc1.[Pt+4].[Pt]. The zero-order valence-corrected chi connectivity index (χ0v) is 34.0. The van der Waals surface area contributed by atoms with Crippen molar-refractivity contribution in [2.24, 2.45) is 0 Å². The summed E-state index contributed by atoms with van der Waals surface area (Å²) >= 11 is 1.67. The summed E-state index contributed by atoms with van der Waals surface area (Å²) in [5, 5.41) is 0. The van der Waals surface area contributed by atoms with Gasteiger partial charge in [-0.15, -0.1) is 77.6 Å². The van der Waals surface area contributed by atoms with Gasteiger partial charge < -0.3 is 35.2 Å². The van der Waals surface area contributed by atoms with Gasteiger partial charge in [0.05, 0.1) is 0 Å². The van der Waals surface area contributed by atoms with Crippen molar-refractivity contribution in [3.8, 4) is 51.4 Å². The maximum atomic E-state index is 6.57. The Bertz CT molecular complexity index is 2310. The van der Waals surface area contributed by atoms with E-state index in [-0.39, 0.29) is 42.1 Å². The van der Waals surface area contributed by atoms with Crippen molar-refractivity contribution in [1.82, 2.24) is 14.5 Å². The molecule has 0 saturated heterocycles. The van der Waals surface area contributed by atoms with Crippen LogP contribution in [-0.4, -0.2) is 21.5 Å². The molecule has 0 atom stereocenters. The van der Waals surface area contributed by atoms with Gasteiger partial charge in [0.25, 0.3) is 0 Å². The molecular formula is C45H29N4O2Pt2S-3. The van der Waals surface area contributed by atoms with Crippen LogP contribution in [0, 0.1) is 49.5 Å². The van der Waals surface area contributed by atoms with E-state index in [9.17, 15) is 0 Å². The van der Waals surface area contributed by atoms with Gasteiger partial charge >= 0.3 is 21.1 Å². The second-order valence-electron chi connectivity index (χ2n) is 11.3. The van der Waals surface area contributed by atoms with E-state index < -0.39 is 0 Å². The van der Waals surface area contributed by atoms with E-state index in [1.165, 1.54) is 0 Å². The summed E-state index contributed by atoms with van der Waals surface area (Å²) in [6, 6.07) is 57.7. The molecule has 0 saturated carbocycles. The number of rotatable bonds is 9.